The zero-order valence-corrected chi connectivity index (χ0v) is 11.3. The molecular weight excluding hydrogens is 206 g/mol. The maximum absolute atomic E-state index is 3.86. The first-order chi connectivity index (χ1) is 8.39. The Morgan fingerprint density at radius 3 is 2.06 bits per heavy atom. The van der Waals surface area contributed by atoms with Crippen LogP contribution in [0.2, 0.25) is 0 Å². The Morgan fingerprint density at radius 1 is 0.765 bits per heavy atom. The van der Waals surface area contributed by atoms with Crippen molar-refractivity contribution in [3.63, 3.8) is 0 Å². The predicted octanol–water partition coefficient (Wildman–Crippen LogP) is 4.27. The highest BCUT2D eigenvalue weighted by Crippen LogP contribution is 2.48. The molecule has 0 heterocycles. The van der Waals surface area contributed by atoms with Crippen molar-refractivity contribution in [2.45, 2.75) is 83.1 Å². The number of hydrogen-bond donors (Lipinski definition) is 1. The summed E-state index contributed by atoms with van der Waals surface area (Å²) in [6.45, 7) is 1.35. The average Bonchev–Trinajstić information content (AvgIpc) is 3.23. The molecule has 0 amide bonds. The van der Waals surface area contributed by atoms with Crippen molar-refractivity contribution >= 4 is 0 Å². The van der Waals surface area contributed by atoms with Crippen LogP contribution in [-0.2, 0) is 0 Å². The van der Waals surface area contributed by atoms with Crippen molar-refractivity contribution in [1.29, 1.82) is 0 Å². The topological polar surface area (TPSA) is 12.0 Å². The molecule has 0 radical (unpaired) electrons. The van der Waals surface area contributed by atoms with Crippen molar-refractivity contribution in [2.24, 2.45) is 11.3 Å². The lowest BCUT2D eigenvalue weighted by Gasteiger charge is -2.46. The van der Waals surface area contributed by atoms with Gasteiger partial charge in [0.15, 0.2) is 0 Å². The maximum atomic E-state index is 3.86. The zero-order valence-electron chi connectivity index (χ0n) is 11.3. The first kappa shape index (κ1) is 12.0. The Balaban J connectivity index is 1.64. The van der Waals surface area contributed by atoms with E-state index in [-0.39, 0.29) is 0 Å². The summed E-state index contributed by atoms with van der Waals surface area (Å²) >= 11 is 0. The highest BCUT2D eigenvalue weighted by molar-refractivity contribution is 4.94. The molecule has 1 heteroatoms. The van der Waals surface area contributed by atoms with Gasteiger partial charge in [-0.25, -0.2) is 0 Å². The Kier molecular flexibility index (Phi) is 3.75. The molecule has 3 aliphatic carbocycles. The largest absolute Gasteiger partial charge is 0.313 e. The smallest absolute Gasteiger partial charge is 0.00684 e. The normalized spacial score (nSPS) is 30.4. The van der Waals surface area contributed by atoms with E-state index in [0.717, 1.165) is 12.0 Å². The van der Waals surface area contributed by atoms with E-state index in [9.17, 15) is 0 Å². The van der Waals surface area contributed by atoms with Gasteiger partial charge in [0, 0.05) is 12.6 Å². The monoisotopic (exact) mass is 235 g/mol. The standard InChI is InChI=1S/C16H29N/c1-3-7-14(8-4-1)16(11-5-2-6-12-16)13-17-15-9-10-15/h14-15,17H,1-13H2. The van der Waals surface area contributed by atoms with Gasteiger partial charge in [-0.3, -0.25) is 0 Å². The third-order valence-corrected chi connectivity index (χ3v) is 5.64. The van der Waals surface area contributed by atoms with E-state index >= 15 is 0 Å². The molecule has 1 N–H and O–H groups in total. The van der Waals surface area contributed by atoms with E-state index in [2.05, 4.69) is 5.32 Å². The van der Waals surface area contributed by atoms with Gasteiger partial charge in [-0.1, -0.05) is 38.5 Å². The lowest BCUT2D eigenvalue weighted by atomic mass is 9.61. The minimum Gasteiger partial charge on any atom is -0.313 e. The van der Waals surface area contributed by atoms with Crippen molar-refractivity contribution < 1.29 is 0 Å². The highest BCUT2D eigenvalue weighted by atomic mass is 15.0. The van der Waals surface area contributed by atoms with E-state index in [1.165, 1.54) is 83.6 Å². The summed E-state index contributed by atoms with van der Waals surface area (Å²) in [5.74, 6) is 1.06. The van der Waals surface area contributed by atoms with Crippen molar-refractivity contribution in [2.75, 3.05) is 6.54 Å². The average molecular weight is 235 g/mol. The molecule has 3 saturated carbocycles. The molecule has 3 aliphatic rings. The van der Waals surface area contributed by atoms with Crippen LogP contribution in [0.25, 0.3) is 0 Å². The van der Waals surface area contributed by atoms with Crippen LogP contribution in [0.4, 0.5) is 0 Å². The highest BCUT2D eigenvalue weighted by Gasteiger charge is 2.40. The zero-order chi connectivity index (χ0) is 11.6. The molecule has 1 nitrogen and oxygen atoms in total. The summed E-state index contributed by atoms with van der Waals surface area (Å²) < 4.78 is 0. The molecule has 0 unspecified atom stereocenters. The van der Waals surface area contributed by atoms with Crippen molar-refractivity contribution in [3.05, 3.63) is 0 Å². The van der Waals surface area contributed by atoms with Crippen LogP contribution in [-0.4, -0.2) is 12.6 Å². The van der Waals surface area contributed by atoms with E-state index in [0.29, 0.717) is 5.41 Å². The Morgan fingerprint density at radius 2 is 1.41 bits per heavy atom. The molecule has 0 atom stereocenters. The fourth-order valence-electron chi connectivity index (χ4n) is 4.34. The van der Waals surface area contributed by atoms with Gasteiger partial charge < -0.3 is 5.32 Å². The van der Waals surface area contributed by atoms with Crippen LogP contribution in [0.15, 0.2) is 0 Å². The first-order valence-electron chi connectivity index (χ1n) is 8.12. The van der Waals surface area contributed by atoms with Gasteiger partial charge in [0.1, 0.15) is 0 Å². The number of hydrogen-bond acceptors (Lipinski definition) is 1. The molecule has 3 fully saturated rings. The molecule has 0 saturated heterocycles. The SMILES string of the molecule is C1CCC(C2(CNC3CC3)CCCCC2)CC1. The summed E-state index contributed by atoms with van der Waals surface area (Å²) in [6, 6.07) is 0.900. The van der Waals surface area contributed by atoms with Crippen LogP contribution in [0.5, 0.6) is 0 Å². The second-order valence-corrected chi connectivity index (χ2v) is 6.91. The molecule has 0 aromatic heterocycles. The minimum absolute atomic E-state index is 0.710. The summed E-state index contributed by atoms with van der Waals surface area (Å²) in [7, 11) is 0. The maximum Gasteiger partial charge on any atom is 0.00684 e. The fraction of sp³-hybridized carbons (Fsp3) is 1.00. The van der Waals surface area contributed by atoms with E-state index in [1.54, 1.807) is 0 Å². The third kappa shape index (κ3) is 2.86. The minimum atomic E-state index is 0.710. The van der Waals surface area contributed by atoms with Gasteiger partial charge >= 0.3 is 0 Å². The summed E-state index contributed by atoms with van der Waals surface area (Å²) in [5, 5.41) is 3.86. The third-order valence-electron chi connectivity index (χ3n) is 5.64. The summed E-state index contributed by atoms with van der Waals surface area (Å²) in [6.07, 6.45) is 18.0. The lowest BCUT2D eigenvalue weighted by molar-refractivity contribution is 0.0661. The first-order valence-corrected chi connectivity index (χ1v) is 8.12. The summed E-state index contributed by atoms with van der Waals surface area (Å²) in [5.41, 5.74) is 0.710. The number of nitrogens with one attached hydrogen (secondary N) is 1. The lowest BCUT2D eigenvalue weighted by Crippen LogP contribution is -2.43. The fourth-order valence-corrected chi connectivity index (χ4v) is 4.34. The Labute approximate surface area is 107 Å². The van der Waals surface area contributed by atoms with Crippen LogP contribution in [0.1, 0.15) is 77.0 Å². The molecular formula is C16H29N. The van der Waals surface area contributed by atoms with Crippen molar-refractivity contribution in [3.8, 4) is 0 Å². The molecule has 17 heavy (non-hydrogen) atoms. The molecule has 0 bridgehead atoms. The van der Waals surface area contributed by atoms with Gasteiger partial charge in [0.25, 0.3) is 0 Å². The molecule has 0 aliphatic heterocycles. The van der Waals surface area contributed by atoms with E-state index in [1.807, 2.05) is 0 Å². The summed E-state index contributed by atoms with van der Waals surface area (Å²) in [4.78, 5) is 0. The molecule has 3 rings (SSSR count). The molecule has 98 valence electrons. The van der Waals surface area contributed by atoms with Gasteiger partial charge in [-0.05, 0) is 49.9 Å². The van der Waals surface area contributed by atoms with Crippen molar-refractivity contribution in [1.82, 2.24) is 5.32 Å². The second-order valence-electron chi connectivity index (χ2n) is 6.91. The van der Waals surface area contributed by atoms with Crippen LogP contribution >= 0.6 is 0 Å². The second kappa shape index (κ2) is 5.30. The predicted molar refractivity (Wildman–Crippen MR) is 73.1 cm³/mol. The van der Waals surface area contributed by atoms with Gasteiger partial charge in [0.05, 0.1) is 0 Å². The van der Waals surface area contributed by atoms with Gasteiger partial charge in [-0.2, -0.15) is 0 Å². The number of rotatable bonds is 4. The van der Waals surface area contributed by atoms with Crippen LogP contribution in [0.3, 0.4) is 0 Å². The van der Waals surface area contributed by atoms with E-state index < -0.39 is 0 Å². The quantitative estimate of drug-likeness (QED) is 0.767. The molecule has 0 aromatic carbocycles. The molecule has 0 aromatic rings. The Hall–Kier alpha value is -0.0400. The van der Waals surface area contributed by atoms with Crippen LogP contribution < -0.4 is 5.32 Å². The molecule has 0 spiro atoms. The van der Waals surface area contributed by atoms with Crippen LogP contribution in [0, 0.1) is 11.3 Å². The van der Waals surface area contributed by atoms with Gasteiger partial charge in [0.2, 0.25) is 0 Å². The Bertz CT molecular complexity index is 232. The van der Waals surface area contributed by atoms with Gasteiger partial charge in [-0.15, -0.1) is 0 Å². The van der Waals surface area contributed by atoms with E-state index in [4.69, 9.17) is 0 Å².